The first-order valence-electron chi connectivity index (χ1n) is 12.9. The van der Waals surface area contributed by atoms with Crippen LogP contribution in [0.15, 0.2) is 34.8 Å². The fourth-order valence-corrected chi connectivity index (χ4v) is 9.06. The van der Waals surface area contributed by atoms with Crippen LogP contribution in [0.1, 0.15) is 93.4 Å². The van der Waals surface area contributed by atoms with Gasteiger partial charge in [0.05, 0.1) is 6.10 Å². The fraction of sp³-hybridized carbons (Fsp3) is 0.759. The minimum atomic E-state index is -0.191. The van der Waals surface area contributed by atoms with Gasteiger partial charge < -0.3 is 9.84 Å². The molecule has 4 aliphatic carbocycles. The standard InChI is InChI=1S/C29H42O3/c1-17(2)25-21(30)16-22(32-25)20-11-15-28(6)19-8-9-23-26(3,4)24(31)12-13-27(23,5)18(19)10-14-29(20,28)7/h8,16,18,20,23-24,31H,9-15H2,1-7H3. The monoisotopic (exact) mass is 438 g/mol. The maximum Gasteiger partial charge on any atom is 0.224 e. The molecule has 3 saturated carbocycles. The average molecular weight is 439 g/mol. The van der Waals surface area contributed by atoms with Gasteiger partial charge >= 0.3 is 0 Å². The number of carbonyl (C=O) groups is 1. The Kier molecular flexibility index (Phi) is 4.80. The van der Waals surface area contributed by atoms with Crippen molar-refractivity contribution in [3.8, 4) is 0 Å². The van der Waals surface area contributed by atoms with E-state index in [1.807, 2.05) is 13.8 Å². The van der Waals surface area contributed by atoms with Gasteiger partial charge in [0, 0.05) is 12.0 Å². The molecule has 3 fully saturated rings. The van der Waals surface area contributed by atoms with Gasteiger partial charge in [-0.3, -0.25) is 4.79 Å². The summed E-state index contributed by atoms with van der Waals surface area (Å²) in [6.45, 7) is 16.0. The molecule has 7 unspecified atom stereocenters. The number of ether oxygens (including phenoxy) is 1. The molecule has 0 radical (unpaired) electrons. The average Bonchev–Trinajstić information content (AvgIpc) is 3.22. The van der Waals surface area contributed by atoms with Gasteiger partial charge in [0.2, 0.25) is 5.78 Å². The zero-order chi connectivity index (χ0) is 23.3. The summed E-state index contributed by atoms with van der Waals surface area (Å²) >= 11 is 0. The van der Waals surface area contributed by atoms with E-state index in [2.05, 4.69) is 40.7 Å². The Morgan fingerprint density at radius 2 is 1.69 bits per heavy atom. The van der Waals surface area contributed by atoms with Crippen LogP contribution in [0.3, 0.4) is 0 Å². The Bertz CT molecular complexity index is 947. The van der Waals surface area contributed by atoms with Gasteiger partial charge in [-0.15, -0.1) is 0 Å². The lowest BCUT2D eigenvalue weighted by Gasteiger charge is -2.64. The Balaban J connectivity index is 1.51. The second-order valence-electron chi connectivity index (χ2n) is 13.1. The predicted molar refractivity (Wildman–Crippen MR) is 128 cm³/mol. The van der Waals surface area contributed by atoms with Crippen molar-refractivity contribution < 1.29 is 14.6 Å². The summed E-state index contributed by atoms with van der Waals surface area (Å²) in [5.41, 5.74) is 3.16. The summed E-state index contributed by atoms with van der Waals surface area (Å²) in [5, 5.41) is 10.8. The van der Waals surface area contributed by atoms with E-state index < -0.39 is 0 Å². The lowest BCUT2D eigenvalue weighted by molar-refractivity contribution is -0.130. The number of aliphatic hydroxyl groups is 1. The van der Waals surface area contributed by atoms with Gasteiger partial charge in [-0.25, -0.2) is 0 Å². The van der Waals surface area contributed by atoms with Crippen molar-refractivity contribution in [1.29, 1.82) is 0 Å². The summed E-state index contributed by atoms with van der Waals surface area (Å²) in [4.78, 5) is 12.6. The first-order valence-corrected chi connectivity index (χ1v) is 12.9. The molecule has 0 aromatic carbocycles. The molecular weight excluding hydrogens is 396 g/mol. The van der Waals surface area contributed by atoms with E-state index in [1.54, 1.807) is 11.6 Å². The fourth-order valence-electron chi connectivity index (χ4n) is 9.06. The van der Waals surface area contributed by atoms with Crippen LogP contribution in [0.25, 0.3) is 0 Å². The number of hydrogen-bond acceptors (Lipinski definition) is 3. The number of ketones is 1. The van der Waals surface area contributed by atoms with E-state index in [4.69, 9.17) is 4.74 Å². The second-order valence-corrected chi connectivity index (χ2v) is 13.1. The molecule has 1 heterocycles. The molecule has 32 heavy (non-hydrogen) atoms. The molecule has 5 aliphatic rings. The SMILES string of the molecule is CC(C)=C1OC(C2CCC3(C)C4=CCC5C(C)(C)C(O)CCC5(C)C4CCC23C)=CC1=O. The number of carbonyl (C=O) groups excluding carboxylic acids is 1. The van der Waals surface area contributed by atoms with Crippen molar-refractivity contribution in [2.24, 2.45) is 39.4 Å². The molecule has 0 saturated heterocycles. The molecular formula is C29H42O3. The Hall–Kier alpha value is -1.35. The highest BCUT2D eigenvalue weighted by Crippen LogP contribution is 2.73. The van der Waals surface area contributed by atoms with Crippen molar-refractivity contribution in [3.63, 3.8) is 0 Å². The van der Waals surface area contributed by atoms with Crippen molar-refractivity contribution in [1.82, 2.24) is 0 Å². The van der Waals surface area contributed by atoms with Crippen LogP contribution in [0.4, 0.5) is 0 Å². The molecule has 0 aromatic heterocycles. The molecule has 0 aromatic rings. The summed E-state index contributed by atoms with van der Waals surface area (Å²) in [7, 11) is 0. The molecule has 1 aliphatic heterocycles. The van der Waals surface area contributed by atoms with E-state index in [0.717, 1.165) is 37.0 Å². The Morgan fingerprint density at radius 1 is 1.00 bits per heavy atom. The minimum Gasteiger partial charge on any atom is -0.457 e. The van der Waals surface area contributed by atoms with E-state index in [-0.39, 0.29) is 33.5 Å². The first-order chi connectivity index (χ1) is 14.9. The second kappa shape index (κ2) is 6.84. The van der Waals surface area contributed by atoms with Crippen molar-refractivity contribution in [2.45, 2.75) is 99.5 Å². The van der Waals surface area contributed by atoms with Gasteiger partial charge in [0.1, 0.15) is 5.76 Å². The summed E-state index contributed by atoms with van der Waals surface area (Å²) in [6.07, 6.45) is 12.0. The smallest absolute Gasteiger partial charge is 0.224 e. The molecule has 0 bridgehead atoms. The van der Waals surface area contributed by atoms with E-state index in [1.165, 1.54) is 19.3 Å². The molecule has 3 nitrogen and oxygen atoms in total. The number of hydrogen-bond donors (Lipinski definition) is 1. The highest BCUT2D eigenvalue weighted by molar-refractivity contribution is 6.05. The van der Waals surface area contributed by atoms with Crippen LogP contribution < -0.4 is 0 Å². The van der Waals surface area contributed by atoms with Crippen LogP contribution in [0.5, 0.6) is 0 Å². The third-order valence-corrected chi connectivity index (χ3v) is 11.3. The normalized spacial score (nSPS) is 47.1. The summed E-state index contributed by atoms with van der Waals surface area (Å²) < 4.78 is 6.20. The predicted octanol–water partition coefficient (Wildman–Crippen LogP) is 6.73. The highest BCUT2D eigenvalue weighted by Gasteiger charge is 2.65. The largest absolute Gasteiger partial charge is 0.457 e. The van der Waals surface area contributed by atoms with E-state index >= 15 is 0 Å². The molecule has 5 rings (SSSR count). The maximum atomic E-state index is 12.6. The highest BCUT2D eigenvalue weighted by atomic mass is 16.5. The molecule has 3 heteroatoms. The molecule has 176 valence electrons. The summed E-state index contributed by atoms with van der Waals surface area (Å²) in [5.74, 6) is 2.96. The first kappa shape index (κ1) is 22.4. The third-order valence-electron chi connectivity index (χ3n) is 11.3. The van der Waals surface area contributed by atoms with Gasteiger partial charge in [0.25, 0.3) is 0 Å². The Morgan fingerprint density at radius 3 is 2.34 bits per heavy atom. The van der Waals surface area contributed by atoms with Crippen molar-refractivity contribution in [2.75, 3.05) is 0 Å². The quantitative estimate of drug-likeness (QED) is 0.365. The zero-order valence-corrected chi connectivity index (χ0v) is 21.2. The van der Waals surface area contributed by atoms with Crippen molar-refractivity contribution >= 4 is 5.78 Å². The third kappa shape index (κ3) is 2.67. The van der Waals surface area contributed by atoms with Gasteiger partial charge in [-0.2, -0.15) is 0 Å². The molecule has 1 N–H and O–H groups in total. The van der Waals surface area contributed by atoms with Crippen LogP contribution >= 0.6 is 0 Å². The van der Waals surface area contributed by atoms with Gasteiger partial charge in [-0.05, 0) is 97.9 Å². The topological polar surface area (TPSA) is 46.5 Å². The molecule has 0 amide bonds. The number of rotatable bonds is 1. The minimum absolute atomic E-state index is 0.0293. The lowest BCUT2D eigenvalue weighted by atomic mass is 9.41. The summed E-state index contributed by atoms with van der Waals surface area (Å²) in [6, 6.07) is 0. The van der Waals surface area contributed by atoms with Crippen LogP contribution in [0, 0.1) is 39.4 Å². The molecule has 0 spiro atoms. The number of aliphatic hydroxyl groups excluding tert-OH is 1. The zero-order valence-electron chi connectivity index (χ0n) is 21.2. The van der Waals surface area contributed by atoms with E-state index in [0.29, 0.717) is 23.5 Å². The maximum absolute atomic E-state index is 12.6. The Labute approximate surface area is 194 Å². The van der Waals surface area contributed by atoms with Crippen LogP contribution in [0.2, 0.25) is 0 Å². The number of allylic oxidation sites excluding steroid dienone is 5. The molecule has 7 atom stereocenters. The van der Waals surface area contributed by atoms with Crippen LogP contribution in [-0.4, -0.2) is 17.0 Å². The number of fused-ring (bicyclic) bond motifs is 5. The van der Waals surface area contributed by atoms with Gasteiger partial charge in [-0.1, -0.05) is 46.3 Å². The van der Waals surface area contributed by atoms with E-state index in [9.17, 15) is 9.90 Å². The van der Waals surface area contributed by atoms with Crippen LogP contribution in [-0.2, 0) is 9.53 Å². The van der Waals surface area contributed by atoms with Crippen molar-refractivity contribution in [3.05, 3.63) is 34.8 Å². The van der Waals surface area contributed by atoms with Gasteiger partial charge in [0.15, 0.2) is 5.76 Å². The lowest BCUT2D eigenvalue weighted by Crippen LogP contribution is -2.58.